The fourth-order valence-corrected chi connectivity index (χ4v) is 1.52. The quantitative estimate of drug-likeness (QED) is 0.874. The van der Waals surface area contributed by atoms with E-state index in [1.54, 1.807) is 12.1 Å². The molecule has 94 valence electrons. The lowest BCUT2D eigenvalue weighted by Crippen LogP contribution is -2.14. The SMILES string of the molecule is CC(C)Oc1ccc(C(C)(C)C)cc1C(=O)O. The normalized spacial score (nSPS) is 11.6. The van der Waals surface area contributed by atoms with Gasteiger partial charge in [-0.05, 0) is 37.0 Å². The van der Waals surface area contributed by atoms with Gasteiger partial charge in [-0.15, -0.1) is 0 Å². The van der Waals surface area contributed by atoms with E-state index in [-0.39, 0.29) is 17.1 Å². The van der Waals surface area contributed by atoms with Gasteiger partial charge in [0.1, 0.15) is 11.3 Å². The topological polar surface area (TPSA) is 46.5 Å². The molecule has 0 saturated heterocycles. The standard InChI is InChI=1S/C14H20O3/c1-9(2)17-12-7-6-10(14(3,4)5)8-11(12)13(15)16/h6-9H,1-5H3,(H,15,16). The number of hydrogen-bond donors (Lipinski definition) is 1. The van der Waals surface area contributed by atoms with E-state index >= 15 is 0 Å². The van der Waals surface area contributed by atoms with E-state index in [0.717, 1.165) is 5.56 Å². The fraction of sp³-hybridized carbons (Fsp3) is 0.500. The predicted octanol–water partition coefficient (Wildman–Crippen LogP) is 3.47. The number of carbonyl (C=O) groups is 1. The van der Waals surface area contributed by atoms with Crippen molar-refractivity contribution in [1.82, 2.24) is 0 Å². The Morgan fingerprint density at radius 1 is 1.29 bits per heavy atom. The van der Waals surface area contributed by atoms with E-state index in [0.29, 0.717) is 5.75 Å². The molecule has 0 spiro atoms. The highest BCUT2D eigenvalue weighted by atomic mass is 16.5. The fourth-order valence-electron chi connectivity index (χ4n) is 1.52. The summed E-state index contributed by atoms with van der Waals surface area (Å²) < 4.78 is 5.49. The summed E-state index contributed by atoms with van der Waals surface area (Å²) in [6, 6.07) is 5.36. The number of carboxylic acid groups (broad SMARTS) is 1. The third-order valence-corrected chi connectivity index (χ3v) is 2.44. The highest BCUT2D eigenvalue weighted by Gasteiger charge is 2.19. The lowest BCUT2D eigenvalue weighted by atomic mass is 9.86. The Labute approximate surface area is 102 Å². The molecule has 0 aromatic heterocycles. The zero-order valence-corrected chi connectivity index (χ0v) is 11.1. The van der Waals surface area contributed by atoms with Crippen molar-refractivity contribution in [3.8, 4) is 5.75 Å². The van der Waals surface area contributed by atoms with E-state index in [4.69, 9.17) is 4.74 Å². The first-order chi connectivity index (χ1) is 7.71. The number of carboxylic acids is 1. The van der Waals surface area contributed by atoms with Crippen LogP contribution in [0, 0.1) is 0 Å². The van der Waals surface area contributed by atoms with Gasteiger partial charge < -0.3 is 9.84 Å². The van der Waals surface area contributed by atoms with Gasteiger partial charge >= 0.3 is 5.97 Å². The van der Waals surface area contributed by atoms with Crippen LogP contribution in [-0.4, -0.2) is 17.2 Å². The molecule has 3 heteroatoms. The summed E-state index contributed by atoms with van der Waals surface area (Å²) >= 11 is 0. The summed E-state index contributed by atoms with van der Waals surface area (Å²) in [5, 5.41) is 9.19. The van der Waals surface area contributed by atoms with Crippen molar-refractivity contribution < 1.29 is 14.6 Å². The number of rotatable bonds is 3. The van der Waals surface area contributed by atoms with Gasteiger partial charge in [-0.3, -0.25) is 0 Å². The molecule has 1 rings (SSSR count). The molecule has 0 aliphatic heterocycles. The molecular formula is C14H20O3. The summed E-state index contributed by atoms with van der Waals surface area (Å²) in [5.74, 6) is -0.521. The summed E-state index contributed by atoms with van der Waals surface area (Å²) in [7, 11) is 0. The molecule has 1 aromatic carbocycles. The Hall–Kier alpha value is -1.51. The molecule has 17 heavy (non-hydrogen) atoms. The molecule has 0 radical (unpaired) electrons. The average molecular weight is 236 g/mol. The van der Waals surface area contributed by atoms with E-state index in [1.807, 2.05) is 19.9 Å². The van der Waals surface area contributed by atoms with Crippen molar-refractivity contribution in [2.45, 2.75) is 46.1 Å². The highest BCUT2D eigenvalue weighted by Crippen LogP contribution is 2.28. The number of hydrogen-bond acceptors (Lipinski definition) is 2. The second-order valence-corrected chi connectivity index (χ2v) is 5.43. The van der Waals surface area contributed by atoms with Crippen molar-refractivity contribution in [3.63, 3.8) is 0 Å². The van der Waals surface area contributed by atoms with Crippen LogP contribution in [0.5, 0.6) is 5.75 Å². The first-order valence-electron chi connectivity index (χ1n) is 5.76. The summed E-state index contributed by atoms with van der Waals surface area (Å²) in [5.41, 5.74) is 1.15. The molecule has 0 fully saturated rings. The maximum Gasteiger partial charge on any atom is 0.339 e. The van der Waals surface area contributed by atoms with Crippen molar-refractivity contribution in [1.29, 1.82) is 0 Å². The van der Waals surface area contributed by atoms with E-state index < -0.39 is 5.97 Å². The number of benzene rings is 1. The predicted molar refractivity (Wildman–Crippen MR) is 67.9 cm³/mol. The van der Waals surface area contributed by atoms with Crippen LogP contribution in [-0.2, 0) is 5.41 Å². The second-order valence-electron chi connectivity index (χ2n) is 5.43. The Bertz CT molecular complexity index is 414. The van der Waals surface area contributed by atoms with Gasteiger partial charge in [-0.25, -0.2) is 4.79 Å². The maximum atomic E-state index is 11.2. The zero-order valence-electron chi connectivity index (χ0n) is 11.1. The van der Waals surface area contributed by atoms with Gasteiger partial charge in [0.05, 0.1) is 6.10 Å². The zero-order chi connectivity index (χ0) is 13.2. The monoisotopic (exact) mass is 236 g/mol. The Balaban J connectivity index is 3.22. The number of aromatic carboxylic acids is 1. The molecule has 0 aliphatic rings. The molecule has 1 aromatic rings. The van der Waals surface area contributed by atoms with Crippen LogP contribution in [0.3, 0.4) is 0 Å². The van der Waals surface area contributed by atoms with Gasteiger partial charge in [0.2, 0.25) is 0 Å². The molecule has 0 heterocycles. The number of ether oxygens (including phenoxy) is 1. The molecule has 0 saturated carbocycles. The van der Waals surface area contributed by atoms with Crippen LogP contribution >= 0.6 is 0 Å². The van der Waals surface area contributed by atoms with Crippen LogP contribution in [0.15, 0.2) is 18.2 Å². The Kier molecular flexibility index (Phi) is 3.81. The first-order valence-corrected chi connectivity index (χ1v) is 5.76. The van der Waals surface area contributed by atoms with E-state index in [9.17, 15) is 9.90 Å². The van der Waals surface area contributed by atoms with Crippen molar-refractivity contribution in [2.75, 3.05) is 0 Å². The Morgan fingerprint density at radius 3 is 2.29 bits per heavy atom. The third-order valence-electron chi connectivity index (χ3n) is 2.44. The van der Waals surface area contributed by atoms with Crippen molar-refractivity contribution >= 4 is 5.97 Å². The summed E-state index contributed by atoms with van der Waals surface area (Å²) in [6.07, 6.45) is -0.0337. The largest absolute Gasteiger partial charge is 0.490 e. The van der Waals surface area contributed by atoms with Crippen LogP contribution in [0.1, 0.15) is 50.5 Å². The highest BCUT2D eigenvalue weighted by molar-refractivity contribution is 5.91. The van der Waals surface area contributed by atoms with Crippen LogP contribution in [0.25, 0.3) is 0 Å². The van der Waals surface area contributed by atoms with Crippen LogP contribution < -0.4 is 4.74 Å². The average Bonchev–Trinajstić information content (AvgIpc) is 2.15. The molecule has 3 nitrogen and oxygen atoms in total. The van der Waals surface area contributed by atoms with E-state index in [1.165, 1.54) is 0 Å². The second kappa shape index (κ2) is 4.78. The lowest BCUT2D eigenvalue weighted by molar-refractivity contribution is 0.0690. The molecule has 0 unspecified atom stereocenters. The summed E-state index contributed by atoms with van der Waals surface area (Å²) in [6.45, 7) is 9.91. The summed E-state index contributed by atoms with van der Waals surface area (Å²) in [4.78, 5) is 11.2. The van der Waals surface area contributed by atoms with E-state index in [2.05, 4.69) is 20.8 Å². The maximum absolute atomic E-state index is 11.2. The van der Waals surface area contributed by atoms with Gasteiger partial charge in [0, 0.05) is 0 Å². The third kappa shape index (κ3) is 3.48. The van der Waals surface area contributed by atoms with Crippen molar-refractivity contribution in [3.05, 3.63) is 29.3 Å². The smallest absolute Gasteiger partial charge is 0.339 e. The molecule has 1 N–H and O–H groups in total. The minimum Gasteiger partial charge on any atom is -0.490 e. The van der Waals surface area contributed by atoms with Gasteiger partial charge in [0.25, 0.3) is 0 Å². The van der Waals surface area contributed by atoms with Crippen LogP contribution in [0.2, 0.25) is 0 Å². The van der Waals surface area contributed by atoms with Gasteiger partial charge in [0.15, 0.2) is 0 Å². The van der Waals surface area contributed by atoms with Crippen LogP contribution in [0.4, 0.5) is 0 Å². The molecule has 0 bridgehead atoms. The van der Waals surface area contributed by atoms with Gasteiger partial charge in [-0.2, -0.15) is 0 Å². The first kappa shape index (κ1) is 13.6. The molecular weight excluding hydrogens is 216 g/mol. The molecule has 0 atom stereocenters. The minimum absolute atomic E-state index is 0.0337. The minimum atomic E-state index is -0.952. The molecule has 0 aliphatic carbocycles. The Morgan fingerprint density at radius 2 is 1.88 bits per heavy atom. The molecule has 0 amide bonds. The van der Waals surface area contributed by atoms with Crippen molar-refractivity contribution in [2.24, 2.45) is 0 Å². The lowest BCUT2D eigenvalue weighted by Gasteiger charge is -2.21. The van der Waals surface area contributed by atoms with Gasteiger partial charge in [-0.1, -0.05) is 26.8 Å².